The molecule has 37 heavy (non-hydrogen) atoms. The Hall–Kier alpha value is -3.70. The number of amidine groups is 1. The quantitative estimate of drug-likeness (QED) is 0.320. The fourth-order valence-corrected chi connectivity index (χ4v) is 5.25. The van der Waals surface area contributed by atoms with Crippen molar-refractivity contribution in [1.82, 2.24) is 4.90 Å². The Labute approximate surface area is 221 Å². The summed E-state index contributed by atoms with van der Waals surface area (Å²) in [6.07, 6.45) is 5.02. The minimum Gasteiger partial charge on any atom is -0.543 e. The Balaban J connectivity index is 1.49. The molecule has 0 aliphatic carbocycles. The Morgan fingerprint density at radius 2 is 1.59 bits per heavy atom. The molecular formula is C32H35N3OSi. The molecule has 0 unspecified atom stereocenters. The average Bonchev–Trinajstić information content (AvgIpc) is 3.27. The zero-order valence-corrected chi connectivity index (χ0v) is 23.4. The summed E-state index contributed by atoms with van der Waals surface area (Å²) in [5.41, 5.74) is 6.39. The largest absolute Gasteiger partial charge is 0.543 e. The summed E-state index contributed by atoms with van der Waals surface area (Å²) < 4.78 is 6.61. The number of fused-ring (bicyclic) bond motifs is 1. The third-order valence-electron chi connectivity index (χ3n) is 7.30. The number of benzene rings is 3. The van der Waals surface area contributed by atoms with Gasteiger partial charge in [0.05, 0.1) is 23.7 Å². The van der Waals surface area contributed by atoms with E-state index in [-0.39, 0.29) is 5.04 Å². The molecule has 0 saturated heterocycles. The maximum atomic E-state index is 6.61. The van der Waals surface area contributed by atoms with Gasteiger partial charge < -0.3 is 9.33 Å². The Morgan fingerprint density at radius 3 is 2.30 bits per heavy atom. The number of hydrogen-bond donors (Lipinski definition) is 0. The first-order valence-electron chi connectivity index (χ1n) is 12.9. The van der Waals surface area contributed by atoms with Gasteiger partial charge in [0.1, 0.15) is 5.75 Å². The van der Waals surface area contributed by atoms with E-state index in [0.29, 0.717) is 0 Å². The van der Waals surface area contributed by atoms with Gasteiger partial charge in [-0.25, -0.2) is 9.98 Å². The maximum Gasteiger partial charge on any atom is 0.250 e. The summed E-state index contributed by atoms with van der Waals surface area (Å²) in [6.45, 7) is 12.1. The molecule has 3 aromatic carbocycles. The van der Waals surface area contributed by atoms with E-state index in [1.807, 2.05) is 12.1 Å². The molecule has 0 aromatic heterocycles. The van der Waals surface area contributed by atoms with Crippen LogP contribution in [-0.2, 0) is 6.42 Å². The molecule has 0 atom stereocenters. The minimum atomic E-state index is -1.94. The second-order valence-electron chi connectivity index (χ2n) is 11.2. The van der Waals surface area contributed by atoms with Crippen molar-refractivity contribution in [3.05, 3.63) is 114 Å². The van der Waals surface area contributed by atoms with Gasteiger partial charge in [0.15, 0.2) is 5.84 Å². The average molecular weight is 506 g/mol. The van der Waals surface area contributed by atoms with Crippen LogP contribution in [0, 0.1) is 0 Å². The van der Waals surface area contributed by atoms with Gasteiger partial charge in [0.25, 0.3) is 0 Å². The van der Waals surface area contributed by atoms with E-state index in [4.69, 9.17) is 14.4 Å². The standard InChI is InChI=1S/C32H35N3OSi/c1-32(2,3)37(4,5)36-28-18-12-17-26(21-28)30-23-35-22-27(19-24-13-8-6-9-14-24)33-31(35)29(34-30)20-25-15-10-7-11-16-25/h6-19,21,23H,20,22H2,1-5H3. The molecule has 5 heteroatoms. The van der Waals surface area contributed by atoms with Crippen molar-refractivity contribution < 1.29 is 4.43 Å². The molecule has 3 aromatic rings. The van der Waals surface area contributed by atoms with E-state index in [1.165, 1.54) is 5.56 Å². The van der Waals surface area contributed by atoms with E-state index in [0.717, 1.165) is 52.8 Å². The second-order valence-corrected chi connectivity index (χ2v) is 16.0. The van der Waals surface area contributed by atoms with Gasteiger partial charge in [-0.15, -0.1) is 0 Å². The molecule has 2 heterocycles. The van der Waals surface area contributed by atoms with Crippen LogP contribution in [-0.4, -0.2) is 31.3 Å². The number of rotatable bonds is 6. The predicted molar refractivity (Wildman–Crippen MR) is 158 cm³/mol. The van der Waals surface area contributed by atoms with Crippen LogP contribution < -0.4 is 4.43 Å². The molecule has 0 fully saturated rings. The molecule has 0 bridgehead atoms. The Morgan fingerprint density at radius 1 is 0.892 bits per heavy atom. The highest BCUT2D eigenvalue weighted by molar-refractivity contribution is 6.74. The SMILES string of the molecule is CC(C)(C)[Si](C)(C)Oc1cccc(C2=CN3CC(=Cc4ccccc4)N=C3C(Cc3ccccc3)=N2)c1. The molecule has 188 valence electrons. The van der Waals surface area contributed by atoms with E-state index >= 15 is 0 Å². The van der Waals surface area contributed by atoms with Crippen LogP contribution in [0.1, 0.15) is 37.5 Å². The van der Waals surface area contributed by atoms with E-state index in [9.17, 15) is 0 Å². The van der Waals surface area contributed by atoms with Crippen LogP contribution in [0.3, 0.4) is 0 Å². The molecule has 2 aliphatic rings. The summed E-state index contributed by atoms with van der Waals surface area (Å²) in [5.74, 6) is 1.85. The third-order valence-corrected chi connectivity index (χ3v) is 11.7. The first kappa shape index (κ1) is 25.0. The number of aliphatic imine (C=N–C) groups is 2. The van der Waals surface area contributed by atoms with Gasteiger partial charge in [-0.3, -0.25) is 0 Å². The fourth-order valence-electron chi connectivity index (χ4n) is 4.23. The van der Waals surface area contributed by atoms with Crippen molar-refractivity contribution in [2.75, 3.05) is 6.54 Å². The van der Waals surface area contributed by atoms with Gasteiger partial charge in [-0.2, -0.15) is 0 Å². The highest BCUT2D eigenvalue weighted by Crippen LogP contribution is 2.38. The minimum absolute atomic E-state index is 0.135. The van der Waals surface area contributed by atoms with Crippen LogP contribution in [0.4, 0.5) is 0 Å². The molecule has 4 nitrogen and oxygen atoms in total. The predicted octanol–water partition coefficient (Wildman–Crippen LogP) is 7.82. The van der Waals surface area contributed by atoms with Crippen molar-refractivity contribution in [2.24, 2.45) is 9.98 Å². The lowest BCUT2D eigenvalue weighted by Gasteiger charge is -2.36. The number of nitrogens with zero attached hydrogens (tertiary/aromatic N) is 3. The third kappa shape index (κ3) is 5.67. The molecule has 0 radical (unpaired) electrons. The normalized spacial score (nSPS) is 16.7. The number of hydrogen-bond acceptors (Lipinski definition) is 4. The van der Waals surface area contributed by atoms with E-state index < -0.39 is 8.32 Å². The lowest BCUT2D eigenvalue weighted by molar-refractivity contribution is 0.492. The summed E-state index contributed by atoms with van der Waals surface area (Å²) in [5, 5.41) is 0.135. The smallest absolute Gasteiger partial charge is 0.250 e. The van der Waals surface area contributed by atoms with Crippen molar-refractivity contribution in [1.29, 1.82) is 0 Å². The first-order chi connectivity index (χ1) is 17.7. The molecule has 0 spiro atoms. The molecule has 5 rings (SSSR count). The van der Waals surface area contributed by atoms with Crippen LogP contribution >= 0.6 is 0 Å². The summed E-state index contributed by atoms with van der Waals surface area (Å²) >= 11 is 0. The zero-order chi connectivity index (χ0) is 26.0. The van der Waals surface area contributed by atoms with Gasteiger partial charge in [-0.1, -0.05) is 93.6 Å². The molecule has 2 aliphatic heterocycles. The molecule has 0 saturated carbocycles. The Kier molecular flexibility index (Phi) is 6.74. The topological polar surface area (TPSA) is 37.2 Å². The highest BCUT2D eigenvalue weighted by atomic mass is 28.4. The van der Waals surface area contributed by atoms with E-state index in [2.05, 4.69) is 124 Å². The lowest BCUT2D eigenvalue weighted by atomic mass is 10.0. The monoisotopic (exact) mass is 505 g/mol. The molecule has 0 N–H and O–H groups in total. The summed E-state index contributed by atoms with van der Waals surface area (Å²) in [4.78, 5) is 12.4. The highest BCUT2D eigenvalue weighted by Gasteiger charge is 2.39. The van der Waals surface area contributed by atoms with Crippen molar-refractivity contribution in [3.63, 3.8) is 0 Å². The van der Waals surface area contributed by atoms with Crippen LogP contribution in [0.5, 0.6) is 5.75 Å². The Bertz CT molecular complexity index is 1400. The molecular weight excluding hydrogens is 470 g/mol. The van der Waals surface area contributed by atoms with Gasteiger partial charge >= 0.3 is 0 Å². The van der Waals surface area contributed by atoms with E-state index in [1.54, 1.807) is 0 Å². The maximum absolute atomic E-state index is 6.61. The second kappa shape index (κ2) is 9.98. The van der Waals surface area contributed by atoms with Crippen molar-refractivity contribution >= 4 is 31.6 Å². The lowest BCUT2D eigenvalue weighted by Crippen LogP contribution is -2.43. The zero-order valence-electron chi connectivity index (χ0n) is 22.4. The van der Waals surface area contributed by atoms with Gasteiger partial charge in [0, 0.05) is 18.2 Å². The fraction of sp³-hybridized carbons (Fsp3) is 0.250. The van der Waals surface area contributed by atoms with Crippen molar-refractivity contribution in [2.45, 2.75) is 45.3 Å². The van der Waals surface area contributed by atoms with Crippen LogP contribution in [0.25, 0.3) is 11.8 Å². The molecule has 0 amide bonds. The first-order valence-corrected chi connectivity index (χ1v) is 15.8. The van der Waals surface area contributed by atoms with Crippen LogP contribution in [0.15, 0.2) is 107 Å². The summed E-state index contributed by atoms with van der Waals surface area (Å²) in [6, 6.07) is 29.2. The van der Waals surface area contributed by atoms with Crippen molar-refractivity contribution in [3.8, 4) is 5.75 Å². The van der Waals surface area contributed by atoms with Crippen LogP contribution in [0.2, 0.25) is 18.1 Å². The summed E-state index contributed by atoms with van der Waals surface area (Å²) in [7, 11) is -1.94. The van der Waals surface area contributed by atoms with Gasteiger partial charge in [0.2, 0.25) is 8.32 Å². The van der Waals surface area contributed by atoms with Gasteiger partial charge in [-0.05, 0) is 47.5 Å².